The maximum Gasteiger partial charge on any atom is 0.248 e. The molecule has 0 spiro atoms. The standard InChI is InChI=1S/C24H23N3O2S/c1-2-21(24(29)27-22-13-6-7-16-25-22)30-20-12-8-11-19(17-20)26-23(28)15-14-18-9-4-3-5-10-18/h3-17,21H,2H2,1H3,(H,26,28)(H,25,27,29)/b15-14+. The van der Waals surface area contributed by atoms with Crippen molar-refractivity contribution >= 4 is 41.2 Å². The van der Waals surface area contributed by atoms with Crippen LogP contribution in [0.4, 0.5) is 11.5 Å². The van der Waals surface area contributed by atoms with Crippen LogP contribution in [0.25, 0.3) is 6.08 Å². The van der Waals surface area contributed by atoms with Gasteiger partial charge in [-0.15, -0.1) is 11.8 Å². The van der Waals surface area contributed by atoms with Crippen LogP contribution in [0.3, 0.4) is 0 Å². The van der Waals surface area contributed by atoms with Gasteiger partial charge >= 0.3 is 0 Å². The normalized spacial score (nSPS) is 11.8. The largest absolute Gasteiger partial charge is 0.322 e. The van der Waals surface area contributed by atoms with Gasteiger partial charge in [-0.1, -0.05) is 49.4 Å². The number of amides is 2. The number of nitrogens with one attached hydrogen (secondary N) is 2. The maximum atomic E-state index is 12.6. The second-order valence-electron chi connectivity index (χ2n) is 6.48. The zero-order valence-corrected chi connectivity index (χ0v) is 17.4. The topological polar surface area (TPSA) is 71.1 Å². The van der Waals surface area contributed by atoms with E-state index in [0.29, 0.717) is 17.9 Å². The van der Waals surface area contributed by atoms with Gasteiger partial charge in [-0.25, -0.2) is 4.98 Å². The highest BCUT2D eigenvalue weighted by Gasteiger charge is 2.18. The zero-order valence-electron chi connectivity index (χ0n) is 16.6. The molecule has 0 aliphatic rings. The van der Waals surface area contributed by atoms with Gasteiger partial charge in [0.25, 0.3) is 0 Å². The van der Waals surface area contributed by atoms with Crippen molar-refractivity contribution in [2.75, 3.05) is 10.6 Å². The summed E-state index contributed by atoms with van der Waals surface area (Å²) >= 11 is 1.46. The van der Waals surface area contributed by atoms with Crippen LogP contribution in [-0.4, -0.2) is 22.0 Å². The van der Waals surface area contributed by atoms with Gasteiger partial charge in [0.15, 0.2) is 0 Å². The van der Waals surface area contributed by atoms with Crippen molar-refractivity contribution in [2.45, 2.75) is 23.5 Å². The third-order valence-electron chi connectivity index (χ3n) is 4.19. The molecule has 0 fully saturated rings. The fourth-order valence-corrected chi connectivity index (χ4v) is 3.71. The first kappa shape index (κ1) is 21.3. The van der Waals surface area contributed by atoms with Crippen LogP contribution in [-0.2, 0) is 9.59 Å². The molecular weight excluding hydrogens is 394 g/mol. The molecule has 1 heterocycles. The highest BCUT2D eigenvalue weighted by molar-refractivity contribution is 8.00. The molecule has 2 amide bonds. The molecule has 30 heavy (non-hydrogen) atoms. The Hall–Kier alpha value is -3.38. The summed E-state index contributed by atoms with van der Waals surface area (Å²) < 4.78 is 0. The van der Waals surface area contributed by atoms with Crippen molar-refractivity contribution in [3.8, 4) is 0 Å². The number of aromatic nitrogens is 1. The van der Waals surface area contributed by atoms with Crippen LogP contribution in [0.5, 0.6) is 0 Å². The molecule has 0 radical (unpaired) electrons. The summed E-state index contributed by atoms with van der Waals surface area (Å²) in [5.74, 6) is 0.232. The number of carbonyl (C=O) groups is 2. The molecule has 6 heteroatoms. The van der Waals surface area contributed by atoms with E-state index >= 15 is 0 Å². The first-order chi connectivity index (χ1) is 14.6. The van der Waals surface area contributed by atoms with E-state index in [0.717, 1.165) is 10.5 Å². The van der Waals surface area contributed by atoms with Crippen LogP contribution in [0.15, 0.2) is 90.0 Å². The molecule has 2 N–H and O–H groups in total. The van der Waals surface area contributed by atoms with E-state index in [1.165, 1.54) is 17.8 Å². The fraction of sp³-hybridized carbons (Fsp3) is 0.125. The number of thioether (sulfide) groups is 1. The Bertz CT molecular complexity index is 1010. The molecule has 1 aromatic heterocycles. The summed E-state index contributed by atoms with van der Waals surface area (Å²) in [6.45, 7) is 1.97. The number of carbonyl (C=O) groups excluding carboxylic acids is 2. The first-order valence-electron chi connectivity index (χ1n) is 9.67. The number of hydrogen-bond acceptors (Lipinski definition) is 4. The molecular formula is C24H23N3O2S. The molecule has 1 atom stereocenters. The monoisotopic (exact) mass is 417 g/mol. The van der Waals surface area contributed by atoms with Crippen molar-refractivity contribution in [1.29, 1.82) is 0 Å². The molecule has 0 saturated carbocycles. The Balaban J connectivity index is 1.60. The summed E-state index contributed by atoms with van der Waals surface area (Å²) in [7, 11) is 0. The van der Waals surface area contributed by atoms with Gasteiger partial charge < -0.3 is 10.6 Å². The lowest BCUT2D eigenvalue weighted by Crippen LogP contribution is -2.24. The summed E-state index contributed by atoms with van der Waals surface area (Å²) in [6, 6.07) is 22.5. The lowest BCUT2D eigenvalue weighted by molar-refractivity contribution is -0.115. The second kappa shape index (κ2) is 11.0. The molecule has 3 aromatic rings. The maximum absolute atomic E-state index is 12.6. The van der Waals surface area contributed by atoms with Gasteiger partial charge in [-0.2, -0.15) is 0 Å². The lowest BCUT2D eigenvalue weighted by atomic mass is 10.2. The highest BCUT2D eigenvalue weighted by Crippen LogP contribution is 2.28. The minimum atomic E-state index is -0.268. The van der Waals surface area contributed by atoms with E-state index in [1.54, 1.807) is 24.4 Å². The molecule has 5 nitrogen and oxygen atoms in total. The van der Waals surface area contributed by atoms with E-state index in [9.17, 15) is 9.59 Å². The van der Waals surface area contributed by atoms with Crippen molar-refractivity contribution in [3.05, 3.63) is 90.6 Å². The third-order valence-corrected chi connectivity index (χ3v) is 5.54. The van der Waals surface area contributed by atoms with Crippen molar-refractivity contribution in [1.82, 2.24) is 4.98 Å². The Morgan fingerprint density at radius 3 is 2.53 bits per heavy atom. The van der Waals surface area contributed by atoms with Gasteiger partial charge in [-0.05, 0) is 48.4 Å². The zero-order chi connectivity index (χ0) is 21.2. The van der Waals surface area contributed by atoms with Gasteiger partial charge in [0, 0.05) is 22.9 Å². The van der Waals surface area contributed by atoms with E-state index in [-0.39, 0.29) is 17.1 Å². The summed E-state index contributed by atoms with van der Waals surface area (Å²) in [5, 5.41) is 5.44. The summed E-state index contributed by atoms with van der Waals surface area (Å²) in [5.41, 5.74) is 1.64. The third kappa shape index (κ3) is 6.60. The minimum Gasteiger partial charge on any atom is -0.322 e. The molecule has 3 rings (SSSR count). The van der Waals surface area contributed by atoms with Crippen LogP contribution >= 0.6 is 11.8 Å². The predicted molar refractivity (Wildman–Crippen MR) is 123 cm³/mol. The van der Waals surface area contributed by atoms with E-state index in [1.807, 2.05) is 67.6 Å². The van der Waals surface area contributed by atoms with Crippen LogP contribution in [0.2, 0.25) is 0 Å². The van der Waals surface area contributed by atoms with Crippen molar-refractivity contribution < 1.29 is 9.59 Å². The molecule has 0 aliphatic carbocycles. The molecule has 0 saturated heterocycles. The number of anilines is 2. The van der Waals surface area contributed by atoms with E-state index in [2.05, 4.69) is 15.6 Å². The number of pyridine rings is 1. The highest BCUT2D eigenvalue weighted by atomic mass is 32.2. The molecule has 152 valence electrons. The lowest BCUT2D eigenvalue weighted by Gasteiger charge is -2.15. The van der Waals surface area contributed by atoms with Crippen LogP contribution in [0.1, 0.15) is 18.9 Å². The van der Waals surface area contributed by atoms with Crippen molar-refractivity contribution in [2.24, 2.45) is 0 Å². The average molecular weight is 418 g/mol. The predicted octanol–water partition coefficient (Wildman–Crippen LogP) is 5.24. The quantitative estimate of drug-likeness (QED) is 0.388. The average Bonchev–Trinajstić information content (AvgIpc) is 2.77. The van der Waals surface area contributed by atoms with Crippen LogP contribution < -0.4 is 10.6 Å². The number of hydrogen-bond donors (Lipinski definition) is 2. The first-order valence-corrected chi connectivity index (χ1v) is 10.5. The smallest absolute Gasteiger partial charge is 0.248 e. The van der Waals surface area contributed by atoms with Gasteiger partial charge in [0.05, 0.1) is 5.25 Å². The van der Waals surface area contributed by atoms with Crippen molar-refractivity contribution in [3.63, 3.8) is 0 Å². The van der Waals surface area contributed by atoms with Gasteiger partial charge in [-0.3, -0.25) is 9.59 Å². The van der Waals surface area contributed by atoms with E-state index < -0.39 is 0 Å². The fourth-order valence-electron chi connectivity index (χ4n) is 2.70. The summed E-state index contributed by atoms with van der Waals surface area (Å²) in [6.07, 6.45) is 5.58. The van der Waals surface area contributed by atoms with E-state index in [4.69, 9.17) is 0 Å². The number of benzene rings is 2. The molecule has 0 aliphatic heterocycles. The number of rotatable bonds is 8. The molecule has 2 aromatic carbocycles. The minimum absolute atomic E-state index is 0.0959. The second-order valence-corrected chi connectivity index (χ2v) is 7.76. The molecule has 1 unspecified atom stereocenters. The van der Waals surface area contributed by atoms with Gasteiger partial charge in [0.2, 0.25) is 11.8 Å². The Morgan fingerprint density at radius 2 is 1.80 bits per heavy atom. The summed E-state index contributed by atoms with van der Waals surface area (Å²) in [4.78, 5) is 29.8. The van der Waals surface area contributed by atoms with Crippen LogP contribution in [0, 0.1) is 0 Å². The Labute approximate surface area is 180 Å². The molecule has 0 bridgehead atoms. The number of nitrogens with zero attached hydrogens (tertiary/aromatic N) is 1. The Morgan fingerprint density at radius 1 is 1.00 bits per heavy atom. The van der Waals surface area contributed by atoms with Gasteiger partial charge in [0.1, 0.15) is 5.82 Å². The Kier molecular flexibility index (Phi) is 7.80. The SMILES string of the molecule is CCC(Sc1cccc(NC(=O)/C=C/c2ccccc2)c1)C(=O)Nc1ccccn1.